The number of fused-ring (bicyclic) bond motifs is 2. The molecule has 0 aliphatic carbocycles. The summed E-state index contributed by atoms with van der Waals surface area (Å²) in [6, 6.07) is 2.53. The smallest absolute Gasteiger partial charge is 0.256 e. The highest BCUT2D eigenvalue weighted by Gasteiger charge is 2.30. The lowest BCUT2D eigenvalue weighted by atomic mass is 10.0. The van der Waals surface area contributed by atoms with Gasteiger partial charge in [0.05, 0.1) is 22.5 Å². The minimum Gasteiger partial charge on any atom is -0.384 e. The van der Waals surface area contributed by atoms with E-state index in [1.54, 1.807) is 6.08 Å². The summed E-state index contributed by atoms with van der Waals surface area (Å²) in [6.45, 7) is 7.62. The lowest BCUT2D eigenvalue weighted by Crippen LogP contribution is -2.40. The molecule has 0 bridgehead atoms. The predicted molar refractivity (Wildman–Crippen MR) is 143 cm³/mol. The molecule has 0 spiro atoms. The van der Waals surface area contributed by atoms with Crippen LogP contribution in [0.25, 0.3) is 11.6 Å². The molecule has 4 heterocycles. The molecule has 3 aliphatic rings. The number of H-pyrrole nitrogens is 1. The first-order chi connectivity index (χ1) is 18.2. The van der Waals surface area contributed by atoms with E-state index in [-0.39, 0.29) is 17.2 Å². The number of aryl methyl sites for hydroxylation is 1. The fourth-order valence-electron chi connectivity index (χ4n) is 5.50. The molecule has 0 unspecified atom stereocenters. The molecule has 1 saturated heterocycles. The van der Waals surface area contributed by atoms with Gasteiger partial charge in [-0.15, -0.1) is 0 Å². The van der Waals surface area contributed by atoms with Gasteiger partial charge in [-0.3, -0.25) is 14.4 Å². The molecule has 9 nitrogen and oxygen atoms in total. The Labute approximate surface area is 221 Å². The average molecular weight is 524 g/mol. The Morgan fingerprint density at radius 2 is 1.92 bits per heavy atom. The molecule has 10 heteroatoms. The van der Waals surface area contributed by atoms with Crippen LogP contribution < -0.4 is 10.6 Å². The average Bonchev–Trinajstić information content (AvgIpc) is 3.30. The molecule has 4 N–H and O–H groups in total. The molecular formula is C28H34FN5O4. The standard InChI is InChI=1S/C28H34FN5O4/c1-16-22(14-19-18-13-20(29)24(32-26(36)17(2)35)15-23(18)31-27(19)37)30-21-7-6-10-34(28(38)25(16)21)12-11-33-8-4-3-5-9-33/h13-15,17,30,35H,3-12H2,1-2H3,(H,31,37)(H,32,36)/t17-/m0/s1. The first-order valence-electron chi connectivity index (χ1n) is 13.3. The van der Waals surface area contributed by atoms with Crippen molar-refractivity contribution in [2.24, 2.45) is 0 Å². The molecule has 3 aliphatic heterocycles. The van der Waals surface area contributed by atoms with Gasteiger partial charge in [-0.25, -0.2) is 4.39 Å². The molecule has 5 rings (SSSR count). The Morgan fingerprint density at radius 1 is 1.16 bits per heavy atom. The highest BCUT2D eigenvalue weighted by atomic mass is 19.1. The van der Waals surface area contributed by atoms with Crippen molar-refractivity contribution in [3.63, 3.8) is 0 Å². The summed E-state index contributed by atoms with van der Waals surface area (Å²) in [5, 5.41) is 14.4. The molecule has 0 radical (unpaired) electrons. The van der Waals surface area contributed by atoms with Gasteiger partial charge in [0.1, 0.15) is 11.9 Å². The zero-order chi connectivity index (χ0) is 27.0. The molecule has 1 aromatic carbocycles. The summed E-state index contributed by atoms with van der Waals surface area (Å²) < 4.78 is 14.8. The summed E-state index contributed by atoms with van der Waals surface area (Å²) in [7, 11) is 0. The third kappa shape index (κ3) is 5.10. The number of carbonyl (C=O) groups excluding carboxylic acids is 3. The van der Waals surface area contributed by atoms with Gasteiger partial charge in [0.2, 0.25) is 0 Å². The summed E-state index contributed by atoms with van der Waals surface area (Å²) >= 11 is 0. The van der Waals surface area contributed by atoms with E-state index in [2.05, 4.69) is 20.5 Å². The number of anilines is 2. The summed E-state index contributed by atoms with van der Waals surface area (Å²) in [5.74, 6) is -1.87. The highest BCUT2D eigenvalue weighted by molar-refractivity contribution is 6.35. The normalized spacial score (nSPS) is 19.7. The van der Waals surface area contributed by atoms with Crippen LogP contribution in [0.1, 0.15) is 65.5 Å². The minimum atomic E-state index is -1.30. The number of piperidine rings is 1. The van der Waals surface area contributed by atoms with Gasteiger partial charge in [-0.2, -0.15) is 0 Å². The van der Waals surface area contributed by atoms with Crippen molar-refractivity contribution in [1.82, 2.24) is 14.8 Å². The van der Waals surface area contributed by atoms with Crippen molar-refractivity contribution in [3.05, 3.63) is 46.0 Å². The molecule has 38 heavy (non-hydrogen) atoms. The first kappa shape index (κ1) is 26.1. The van der Waals surface area contributed by atoms with Crippen LogP contribution in [0.2, 0.25) is 0 Å². The molecular weight excluding hydrogens is 489 g/mol. The Morgan fingerprint density at radius 3 is 2.66 bits per heavy atom. The molecule has 1 aromatic heterocycles. The first-order valence-corrected chi connectivity index (χ1v) is 13.3. The second-order valence-corrected chi connectivity index (χ2v) is 10.4. The zero-order valence-electron chi connectivity index (χ0n) is 21.8. The van der Waals surface area contributed by atoms with Crippen LogP contribution >= 0.6 is 0 Å². The summed E-state index contributed by atoms with van der Waals surface area (Å²) in [5.41, 5.74) is 3.79. The number of halogens is 1. The van der Waals surface area contributed by atoms with E-state index >= 15 is 0 Å². The van der Waals surface area contributed by atoms with E-state index in [0.717, 1.165) is 43.7 Å². The van der Waals surface area contributed by atoms with Crippen molar-refractivity contribution in [2.45, 2.75) is 52.1 Å². The summed E-state index contributed by atoms with van der Waals surface area (Å²) in [6.07, 6.45) is 5.64. The van der Waals surface area contributed by atoms with Crippen molar-refractivity contribution in [2.75, 3.05) is 43.4 Å². The fraction of sp³-hybridized carbons (Fsp3) is 0.464. The van der Waals surface area contributed by atoms with E-state index in [0.29, 0.717) is 35.6 Å². The van der Waals surface area contributed by atoms with Gasteiger partial charge in [0.25, 0.3) is 17.7 Å². The number of aromatic amines is 1. The van der Waals surface area contributed by atoms with E-state index in [1.165, 1.54) is 38.3 Å². The van der Waals surface area contributed by atoms with E-state index in [9.17, 15) is 23.9 Å². The number of carbonyl (C=O) groups is 3. The van der Waals surface area contributed by atoms with Crippen molar-refractivity contribution in [3.8, 4) is 0 Å². The zero-order valence-corrected chi connectivity index (χ0v) is 21.8. The fourth-order valence-corrected chi connectivity index (χ4v) is 5.50. The van der Waals surface area contributed by atoms with Gasteiger partial charge >= 0.3 is 0 Å². The number of amides is 3. The number of benzene rings is 1. The van der Waals surface area contributed by atoms with Crippen LogP contribution in [0.4, 0.5) is 15.8 Å². The predicted octanol–water partition coefficient (Wildman–Crippen LogP) is 3.15. The quantitative estimate of drug-likeness (QED) is 0.434. The number of aliphatic hydroxyl groups excluding tert-OH is 1. The number of nitrogens with one attached hydrogen (secondary N) is 3. The maximum absolute atomic E-state index is 14.8. The molecule has 0 saturated carbocycles. The second-order valence-electron chi connectivity index (χ2n) is 10.4. The van der Waals surface area contributed by atoms with E-state index in [4.69, 9.17) is 0 Å². The van der Waals surface area contributed by atoms with Crippen LogP contribution in [0.5, 0.6) is 0 Å². The van der Waals surface area contributed by atoms with Gasteiger partial charge < -0.3 is 30.5 Å². The lowest BCUT2D eigenvalue weighted by molar-refractivity contribution is -0.123. The maximum atomic E-state index is 14.8. The van der Waals surface area contributed by atoms with Crippen molar-refractivity contribution in [1.29, 1.82) is 0 Å². The highest BCUT2D eigenvalue weighted by Crippen LogP contribution is 2.37. The lowest BCUT2D eigenvalue weighted by Gasteiger charge is -2.29. The number of likely N-dealkylation sites (tertiary alicyclic amines) is 1. The summed E-state index contributed by atoms with van der Waals surface area (Å²) in [4.78, 5) is 45.9. The number of hydrogen-bond donors (Lipinski definition) is 4. The van der Waals surface area contributed by atoms with Gasteiger partial charge in [0.15, 0.2) is 0 Å². The topological polar surface area (TPSA) is 118 Å². The Hall–Kier alpha value is -3.50. The van der Waals surface area contributed by atoms with Crippen LogP contribution in [-0.4, -0.2) is 76.4 Å². The van der Waals surface area contributed by atoms with Gasteiger partial charge in [0, 0.05) is 36.6 Å². The Bertz CT molecular complexity index is 1310. The van der Waals surface area contributed by atoms with Crippen LogP contribution in [0, 0.1) is 12.7 Å². The second kappa shape index (κ2) is 10.7. The third-order valence-corrected chi connectivity index (χ3v) is 7.67. The molecule has 202 valence electrons. The maximum Gasteiger partial charge on any atom is 0.256 e. The number of nitrogens with zero attached hydrogens (tertiary/aromatic N) is 2. The van der Waals surface area contributed by atoms with Gasteiger partial charge in [-0.1, -0.05) is 6.42 Å². The van der Waals surface area contributed by atoms with E-state index < -0.39 is 23.7 Å². The van der Waals surface area contributed by atoms with Crippen molar-refractivity contribution < 1.29 is 23.9 Å². The van der Waals surface area contributed by atoms with Crippen molar-refractivity contribution >= 4 is 40.7 Å². The SMILES string of the molecule is Cc1c(C=C2C(=O)Nc3cc(NC(=O)[C@H](C)O)c(F)cc32)[nH]c2c1C(=O)N(CCN1CCCCC1)CCC2. The van der Waals surface area contributed by atoms with Crippen LogP contribution in [0.3, 0.4) is 0 Å². The Balaban J connectivity index is 1.40. The number of aromatic nitrogens is 1. The van der Waals surface area contributed by atoms with Crippen LogP contribution in [-0.2, 0) is 16.0 Å². The third-order valence-electron chi connectivity index (χ3n) is 7.67. The number of aliphatic hydroxyl groups is 1. The molecule has 1 fully saturated rings. The van der Waals surface area contributed by atoms with Gasteiger partial charge in [-0.05, 0) is 76.4 Å². The molecule has 1 atom stereocenters. The minimum absolute atomic E-state index is 0.00808. The number of rotatable bonds is 6. The monoisotopic (exact) mass is 523 g/mol. The molecule has 2 aromatic rings. The molecule has 3 amide bonds. The number of hydrogen-bond acceptors (Lipinski definition) is 5. The van der Waals surface area contributed by atoms with E-state index in [1.807, 2.05) is 11.8 Å². The Kier molecular flexibility index (Phi) is 7.36. The van der Waals surface area contributed by atoms with Crippen LogP contribution in [0.15, 0.2) is 12.1 Å². The largest absolute Gasteiger partial charge is 0.384 e.